The topological polar surface area (TPSA) is 185 Å². The van der Waals surface area contributed by atoms with E-state index in [1.165, 1.54) is 28.4 Å². The fourth-order valence-electron chi connectivity index (χ4n) is 10.6. The van der Waals surface area contributed by atoms with Gasteiger partial charge in [-0.15, -0.1) is 0 Å². The lowest BCUT2D eigenvalue weighted by atomic mass is 9.66. The van der Waals surface area contributed by atoms with E-state index < -0.39 is 35.9 Å². The van der Waals surface area contributed by atoms with Crippen LogP contribution in [0.15, 0.2) is 48.5 Å². The SMILES string of the molecule is COc1cc([C@@H]2c3cc4c(cc3[C@@H](OCCCCCCO[C@@H]3c5cc6c(cc5[C@@H](c5cc(OC)c(O)c(OC)c5)[C@H]5C(=O)OC[C@@H]53)OCO6)[C@H]3COC(=O)[C@H]23)OCO4)cc(OC)c1O. The number of fused-ring (bicyclic) bond motifs is 6. The summed E-state index contributed by atoms with van der Waals surface area (Å²) in [5.74, 6) is -0.212. The average Bonchev–Trinajstić information content (AvgIpc) is 4.13. The van der Waals surface area contributed by atoms with Crippen molar-refractivity contribution in [1.82, 2.24) is 0 Å². The van der Waals surface area contributed by atoms with E-state index in [9.17, 15) is 19.8 Å². The number of carbonyl (C=O) groups excluding carboxylic acids is 2. The van der Waals surface area contributed by atoms with Gasteiger partial charge in [-0.2, -0.15) is 0 Å². The van der Waals surface area contributed by atoms with Crippen molar-refractivity contribution in [1.29, 1.82) is 0 Å². The Morgan fingerprint density at radius 3 is 1.17 bits per heavy atom. The number of rotatable bonds is 15. The molecule has 64 heavy (non-hydrogen) atoms. The molecule has 16 nitrogen and oxygen atoms in total. The molecular weight excluding hydrogens is 833 g/mol. The molecule has 4 aliphatic heterocycles. The molecule has 0 unspecified atom stereocenters. The van der Waals surface area contributed by atoms with Gasteiger partial charge in [0.1, 0.15) is 0 Å². The maximum atomic E-state index is 13.6. The fourth-order valence-corrected chi connectivity index (χ4v) is 10.6. The summed E-state index contributed by atoms with van der Waals surface area (Å²) >= 11 is 0. The van der Waals surface area contributed by atoms with Gasteiger partial charge in [0.25, 0.3) is 0 Å². The first-order chi connectivity index (χ1) is 31.2. The molecule has 4 aromatic carbocycles. The van der Waals surface area contributed by atoms with Gasteiger partial charge in [0.05, 0.1) is 65.7 Å². The summed E-state index contributed by atoms with van der Waals surface area (Å²) in [5, 5.41) is 21.4. The molecule has 4 aromatic rings. The predicted octanol–water partition coefficient (Wildman–Crippen LogP) is 6.84. The van der Waals surface area contributed by atoms with Crippen LogP contribution >= 0.6 is 0 Å². The Hall–Kier alpha value is -6.26. The molecule has 2 N–H and O–H groups in total. The lowest BCUT2D eigenvalue weighted by molar-refractivity contribution is -0.142. The minimum atomic E-state index is -0.568. The number of unbranched alkanes of at least 4 members (excludes halogenated alkanes) is 3. The van der Waals surface area contributed by atoms with Crippen LogP contribution < -0.4 is 37.9 Å². The second kappa shape index (κ2) is 17.0. The summed E-state index contributed by atoms with van der Waals surface area (Å²) in [4.78, 5) is 27.1. The van der Waals surface area contributed by atoms with Crippen molar-refractivity contribution in [2.75, 3.05) is 68.5 Å². The normalized spacial score (nSPS) is 25.4. The maximum Gasteiger partial charge on any atom is 0.310 e. The lowest BCUT2D eigenvalue weighted by Crippen LogP contribution is -2.36. The molecule has 2 aliphatic carbocycles. The molecule has 0 aromatic heterocycles. The number of hydrogen-bond donors (Lipinski definition) is 2. The van der Waals surface area contributed by atoms with Crippen LogP contribution in [0.3, 0.4) is 0 Å². The number of esters is 2. The molecule has 338 valence electrons. The Morgan fingerprint density at radius 1 is 0.484 bits per heavy atom. The summed E-state index contributed by atoms with van der Waals surface area (Å²) in [5.41, 5.74) is 4.93. The van der Waals surface area contributed by atoms with Gasteiger partial charge >= 0.3 is 11.9 Å². The van der Waals surface area contributed by atoms with Crippen LogP contribution in [0.2, 0.25) is 0 Å². The number of phenols is 2. The Balaban J connectivity index is 0.827. The molecule has 2 saturated heterocycles. The highest BCUT2D eigenvalue weighted by Crippen LogP contribution is 2.58. The molecule has 8 atom stereocenters. The van der Waals surface area contributed by atoms with Crippen molar-refractivity contribution >= 4 is 11.9 Å². The second-order valence-electron chi connectivity index (χ2n) is 16.8. The molecule has 16 heteroatoms. The van der Waals surface area contributed by atoms with E-state index >= 15 is 0 Å². The number of aromatic hydroxyl groups is 2. The summed E-state index contributed by atoms with van der Waals surface area (Å²) in [7, 11) is 5.87. The number of phenolic OH excluding ortho intramolecular Hbond substituents is 2. The number of hydrogen-bond acceptors (Lipinski definition) is 16. The monoisotopic (exact) mass is 882 g/mol. The van der Waals surface area contributed by atoms with Crippen LogP contribution in [0.4, 0.5) is 0 Å². The first-order valence-electron chi connectivity index (χ1n) is 21.6. The average molecular weight is 883 g/mol. The highest BCUT2D eigenvalue weighted by molar-refractivity contribution is 5.80. The van der Waals surface area contributed by atoms with Crippen LogP contribution in [-0.4, -0.2) is 90.6 Å². The number of cyclic esters (lactones) is 2. The Labute approximate surface area is 369 Å². The van der Waals surface area contributed by atoms with E-state index in [0.29, 0.717) is 36.2 Å². The van der Waals surface area contributed by atoms with Gasteiger partial charge in [0, 0.05) is 36.9 Å². The van der Waals surface area contributed by atoms with E-state index in [2.05, 4.69) is 0 Å². The third-order valence-electron chi connectivity index (χ3n) is 13.6. The highest BCUT2D eigenvalue weighted by Gasteiger charge is 2.55. The minimum absolute atomic E-state index is 0.0885. The van der Waals surface area contributed by atoms with Crippen molar-refractivity contribution in [3.8, 4) is 57.5 Å². The zero-order valence-electron chi connectivity index (χ0n) is 35.9. The first kappa shape index (κ1) is 41.7. The smallest absolute Gasteiger partial charge is 0.310 e. The van der Waals surface area contributed by atoms with Crippen LogP contribution in [0.5, 0.6) is 57.5 Å². The van der Waals surface area contributed by atoms with Crippen molar-refractivity contribution in [3.63, 3.8) is 0 Å². The van der Waals surface area contributed by atoms with E-state index in [-0.39, 0.29) is 85.1 Å². The molecule has 0 radical (unpaired) electrons. The van der Waals surface area contributed by atoms with Gasteiger partial charge in [0.2, 0.25) is 25.1 Å². The Bertz CT molecular complexity index is 2250. The molecule has 0 saturated carbocycles. The highest BCUT2D eigenvalue weighted by atomic mass is 16.7. The first-order valence-corrected chi connectivity index (χ1v) is 21.6. The zero-order chi connectivity index (χ0) is 44.2. The minimum Gasteiger partial charge on any atom is -0.502 e. The molecular formula is C48H50O16. The Morgan fingerprint density at radius 2 is 0.828 bits per heavy atom. The number of benzene rings is 4. The molecule has 2 fully saturated rings. The predicted molar refractivity (Wildman–Crippen MR) is 223 cm³/mol. The van der Waals surface area contributed by atoms with Crippen LogP contribution in [-0.2, 0) is 28.5 Å². The van der Waals surface area contributed by atoms with E-state index in [1.54, 1.807) is 24.3 Å². The quantitative estimate of drug-likeness (QED) is 0.0934. The molecule has 0 spiro atoms. The zero-order valence-corrected chi connectivity index (χ0v) is 35.9. The van der Waals surface area contributed by atoms with Gasteiger partial charge in [-0.1, -0.05) is 12.8 Å². The van der Waals surface area contributed by atoms with Crippen molar-refractivity contribution in [2.45, 2.75) is 49.7 Å². The molecule has 0 amide bonds. The lowest BCUT2D eigenvalue weighted by Gasteiger charge is -2.39. The summed E-state index contributed by atoms with van der Waals surface area (Å²) < 4.78 is 70.0. The van der Waals surface area contributed by atoms with Crippen molar-refractivity contribution in [3.05, 3.63) is 81.9 Å². The van der Waals surface area contributed by atoms with E-state index in [1.807, 2.05) is 24.3 Å². The van der Waals surface area contributed by atoms with Crippen molar-refractivity contribution < 1.29 is 76.6 Å². The van der Waals surface area contributed by atoms with Crippen LogP contribution in [0, 0.1) is 23.7 Å². The number of carbonyl (C=O) groups is 2. The molecule has 10 rings (SSSR count). The number of methoxy groups -OCH3 is 4. The van der Waals surface area contributed by atoms with Gasteiger partial charge in [-0.25, -0.2) is 0 Å². The third kappa shape index (κ3) is 6.98. The second-order valence-corrected chi connectivity index (χ2v) is 16.8. The largest absolute Gasteiger partial charge is 0.502 e. The van der Waals surface area contributed by atoms with Crippen LogP contribution in [0.1, 0.15) is 83.1 Å². The fraction of sp³-hybridized carbons (Fsp3) is 0.458. The van der Waals surface area contributed by atoms with Gasteiger partial charge in [0.15, 0.2) is 46.0 Å². The van der Waals surface area contributed by atoms with Crippen LogP contribution in [0.25, 0.3) is 0 Å². The molecule has 6 aliphatic rings. The van der Waals surface area contributed by atoms with Gasteiger partial charge < -0.3 is 67.1 Å². The standard InChI is InChI=1S/C48H50O16/c1-53-35-11-23(12-36(54-2)43(35)49)39-25-15-31-33(63-21-61-31)17-27(25)45(29-19-59-47(51)41(29)39)57-9-7-5-6-8-10-58-46-28-18-34-32(62-22-64-34)16-26(28)40(42-30(46)20-60-48(42)52)24-13-37(55-3)44(50)38(14-24)56-4/h11-18,29-30,39-42,45-46,49-50H,5-10,19-22H2,1-4H3/t29-,30-,39+,40+,41-,42-,45+,46+/m0/s1. The molecule has 0 bridgehead atoms. The summed E-state index contributed by atoms with van der Waals surface area (Å²) in [6.07, 6.45) is 2.37. The third-order valence-corrected chi connectivity index (χ3v) is 13.6. The molecule has 4 heterocycles. The maximum absolute atomic E-state index is 13.6. The van der Waals surface area contributed by atoms with E-state index in [0.717, 1.165) is 59.1 Å². The summed E-state index contributed by atoms with van der Waals surface area (Å²) in [6, 6.07) is 14.7. The van der Waals surface area contributed by atoms with Gasteiger partial charge in [-0.3, -0.25) is 9.59 Å². The Kier molecular flexibility index (Phi) is 11.1. The van der Waals surface area contributed by atoms with E-state index in [4.69, 9.17) is 56.8 Å². The summed E-state index contributed by atoms with van der Waals surface area (Å²) in [6.45, 7) is 1.47. The van der Waals surface area contributed by atoms with Gasteiger partial charge in [-0.05, 0) is 94.8 Å². The number of ether oxygens (including phenoxy) is 12. The van der Waals surface area contributed by atoms with Crippen molar-refractivity contribution in [2.24, 2.45) is 23.7 Å².